The van der Waals surface area contributed by atoms with Crippen LogP contribution >= 0.6 is 23.2 Å². The number of benzene rings is 2. The monoisotopic (exact) mass is 461 g/mol. The second kappa shape index (κ2) is 10.6. The van der Waals surface area contributed by atoms with Gasteiger partial charge in [0.1, 0.15) is 6.29 Å². The number of carbonyl (C=O) groups is 1. The van der Waals surface area contributed by atoms with Gasteiger partial charge in [-0.3, -0.25) is 9.78 Å². The van der Waals surface area contributed by atoms with Crippen LogP contribution < -0.4 is 9.47 Å². The van der Waals surface area contributed by atoms with Gasteiger partial charge in [-0.1, -0.05) is 47.5 Å². The van der Waals surface area contributed by atoms with E-state index in [1.807, 2.05) is 6.07 Å². The summed E-state index contributed by atoms with van der Waals surface area (Å²) in [6.07, 6.45) is 2.03. The molecule has 8 heteroatoms. The van der Waals surface area contributed by atoms with E-state index in [2.05, 4.69) is 4.98 Å². The van der Waals surface area contributed by atoms with Crippen LogP contribution in [0.15, 0.2) is 54.9 Å². The molecule has 2 atom stereocenters. The third kappa shape index (κ3) is 5.54. The van der Waals surface area contributed by atoms with Crippen LogP contribution in [-0.2, 0) is 11.2 Å². The number of rotatable bonds is 9. The molecule has 0 saturated heterocycles. The van der Waals surface area contributed by atoms with Gasteiger partial charge in [-0.15, -0.1) is 0 Å². The maximum atomic E-state index is 11.1. The minimum atomic E-state index is -1.29. The third-order valence-electron chi connectivity index (χ3n) is 4.75. The van der Waals surface area contributed by atoms with Gasteiger partial charge < -0.3 is 19.3 Å². The largest absolute Gasteiger partial charge is 0.493 e. The van der Waals surface area contributed by atoms with E-state index < -0.39 is 12.4 Å². The predicted octanol–water partition coefficient (Wildman–Crippen LogP) is 5.21. The Kier molecular flexibility index (Phi) is 7.87. The van der Waals surface area contributed by atoms with Crippen molar-refractivity contribution < 1.29 is 24.1 Å². The topological polar surface area (TPSA) is 77.9 Å². The van der Waals surface area contributed by atoms with E-state index in [0.29, 0.717) is 50.1 Å². The van der Waals surface area contributed by atoms with Gasteiger partial charge in [-0.05, 0) is 29.3 Å². The zero-order valence-electron chi connectivity index (χ0n) is 16.9. The Balaban J connectivity index is 1.98. The third-order valence-corrected chi connectivity index (χ3v) is 5.40. The number of aromatic nitrogens is 1. The van der Waals surface area contributed by atoms with Crippen molar-refractivity contribution in [1.29, 1.82) is 0 Å². The number of hydrogen-bond donors (Lipinski definition) is 1. The van der Waals surface area contributed by atoms with Crippen molar-refractivity contribution in [1.82, 2.24) is 4.98 Å². The van der Waals surface area contributed by atoms with Gasteiger partial charge >= 0.3 is 0 Å². The molecule has 0 aliphatic carbocycles. The number of aldehydes is 1. The zero-order chi connectivity index (χ0) is 22.4. The van der Waals surface area contributed by atoms with E-state index in [0.717, 1.165) is 0 Å². The number of aliphatic hydroxyl groups excluding tert-OH is 1. The quantitative estimate of drug-likeness (QED) is 0.348. The van der Waals surface area contributed by atoms with Gasteiger partial charge in [0.2, 0.25) is 0 Å². The molecule has 3 aromatic rings. The number of nitrogens with zero attached hydrogens (tertiary/aromatic N) is 1. The molecule has 0 bridgehead atoms. The Morgan fingerprint density at radius 1 is 1.00 bits per heavy atom. The molecule has 2 aromatic carbocycles. The summed E-state index contributed by atoms with van der Waals surface area (Å²) in [5.74, 6) is 1.07. The highest BCUT2D eigenvalue weighted by Crippen LogP contribution is 2.37. The molecule has 0 spiro atoms. The van der Waals surface area contributed by atoms with Crippen LogP contribution in [0.1, 0.15) is 39.4 Å². The smallest absolute Gasteiger partial charge is 0.181 e. The number of hydrogen-bond acceptors (Lipinski definition) is 6. The van der Waals surface area contributed by atoms with Crippen molar-refractivity contribution in [3.05, 3.63) is 87.2 Å². The summed E-state index contributed by atoms with van der Waals surface area (Å²) in [5.41, 5.74) is 2.23. The summed E-state index contributed by atoms with van der Waals surface area (Å²) in [6.45, 7) is 0. The van der Waals surface area contributed by atoms with Crippen molar-refractivity contribution >= 4 is 29.5 Å². The van der Waals surface area contributed by atoms with E-state index in [-0.39, 0.29) is 6.42 Å². The summed E-state index contributed by atoms with van der Waals surface area (Å²) >= 11 is 12.6. The lowest BCUT2D eigenvalue weighted by molar-refractivity contribution is -0.141. The molecule has 0 amide bonds. The Morgan fingerprint density at radius 2 is 1.71 bits per heavy atom. The number of pyridine rings is 1. The molecule has 0 saturated carbocycles. The minimum Gasteiger partial charge on any atom is -0.493 e. The predicted molar refractivity (Wildman–Crippen MR) is 118 cm³/mol. The van der Waals surface area contributed by atoms with Crippen molar-refractivity contribution in [2.24, 2.45) is 0 Å². The fraction of sp³-hybridized carbons (Fsp3) is 0.217. The molecule has 0 radical (unpaired) electrons. The maximum Gasteiger partial charge on any atom is 0.181 e. The van der Waals surface area contributed by atoms with Crippen LogP contribution in [0.5, 0.6) is 11.5 Å². The summed E-state index contributed by atoms with van der Waals surface area (Å²) < 4.78 is 16.7. The lowest BCUT2D eigenvalue weighted by Crippen LogP contribution is -2.14. The Hall–Kier alpha value is -2.64. The Labute approximate surface area is 190 Å². The highest BCUT2D eigenvalue weighted by Gasteiger charge is 2.23. The fourth-order valence-corrected chi connectivity index (χ4v) is 3.66. The van der Waals surface area contributed by atoms with Gasteiger partial charge in [0, 0.05) is 29.9 Å². The van der Waals surface area contributed by atoms with E-state index in [1.165, 1.54) is 19.5 Å². The highest BCUT2D eigenvalue weighted by molar-refractivity contribution is 6.35. The lowest BCUT2D eigenvalue weighted by Gasteiger charge is -2.24. The van der Waals surface area contributed by atoms with Gasteiger partial charge in [-0.25, -0.2) is 0 Å². The average molecular weight is 462 g/mol. The normalized spacial score (nSPS) is 12.8. The number of methoxy groups -OCH3 is 2. The van der Waals surface area contributed by atoms with Crippen molar-refractivity contribution in [2.45, 2.75) is 18.8 Å². The number of ether oxygens (including phenoxy) is 3. The molecule has 6 nitrogen and oxygen atoms in total. The molecule has 0 aliphatic heterocycles. The fourth-order valence-electron chi connectivity index (χ4n) is 3.14. The zero-order valence-corrected chi connectivity index (χ0v) is 18.4. The summed E-state index contributed by atoms with van der Waals surface area (Å²) in [6, 6.07) is 11.9. The van der Waals surface area contributed by atoms with Gasteiger partial charge in [0.05, 0.1) is 30.4 Å². The first-order chi connectivity index (χ1) is 15.0. The molecule has 1 N–H and O–H groups in total. The molecule has 1 unspecified atom stereocenters. The lowest BCUT2D eigenvalue weighted by atomic mass is 10.0. The molecule has 1 heterocycles. The first kappa shape index (κ1) is 23.0. The van der Waals surface area contributed by atoms with Crippen LogP contribution in [0.3, 0.4) is 0 Å². The summed E-state index contributed by atoms with van der Waals surface area (Å²) in [5, 5.41) is 11.5. The van der Waals surface area contributed by atoms with E-state index in [1.54, 1.807) is 43.5 Å². The average Bonchev–Trinajstić information content (AvgIpc) is 2.80. The van der Waals surface area contributed by atoms with Crippen molar-refractivity contribution in [3.63, 3.8) is 0 Å². The van der Waals surface area contributed by atoms with Crippen LogP contribution in [0.4, 0.5) is 0 Å². The molecular weight excluding hydrogens is 441 g/mol. The summed E-state index contributed by atoms with van der Waals surface area (Å²) in [7, 11) is 3.08. The summed E-state index contributed by atoms with van der Waals surface area (Å²) in [4.78, 5) is 15.1. The molecule has 0 aliphatic rings. The first-order valence-electron chi connectivity index (χ1n) is 9.35. The Bertz CT molecular complexity index is 1040. The van der Waals surface area contributed by atoms with Crippen LogP contribution in [0.25, 0.3) is 0 Å². The molecule has 0 fully saturated rings. The number of halogens is 2. The number of carbonyl (C=O) groups excluding carboxylic acids is 1. The van der Waals surface area contributed by atoms with E-state index >= 15 is 0 Å². The van der Waals surface area contributed by atoms with Crippen LogP contribution in [0.2, 0.25) is 10.0 Å². The standard InChI is InChI=1S/C23H21Cl2NO5/c1-29-20-7-6-15(9-22(20)30-2)21(10-17-18(24)11-26-12-19(17)25)31-23(28)16-5-3-4-14(8-16)13-27/h3-9,11-13,21,23,28H,10H2,1-2H3/t21-,23?/m0/s1. The maximum absolute atomic E-state index is 11.1. The number of aliphatic hydroxyl groups is 1. The molecule has 3 rings (SSSR count). The molecule has 31 heavy (non-hydrogen) atoms. The SMILES string of the molecule is COc1ccc([C@H](Cc2c(Cl)cncc2Cl)OC(O)c2cccc(C=O)c2)cc1OC. The molecule has 162 valence electrons. The second-order valence-corrected chi connectivity index (χ2v) is 7.48. The van der Waals surface area contributed by atoms with Gasteiger partial charge in [0.15, 0.2) is 17.8 Å². The van der Waals surface area contributed by atoms with Crippen LogP contribution in [0, 0.1) is 0 Å². The van der Waals surface area contributed by atoms with Crippen molar-refractivity contribution in [2.75, 3.05) is 14.2 Å². The Morgan fingerprint density at radius 3 is 2.35 bits per heavy atom. The molecular formula is C23H21Cl2NO5. The van der Waals surface area contributed by atoms with Crippen molar-refractivity contribution in [3.8, 4) is 11.5 Å². The van der Waals surface area contributed by atoms with Gasteiger partial charge in [-0.2, -0.15) is 0 Å². The molecule has 1 aromatic heterocycles. The van der Waals surface area contributed by atoms with E-state index in [4.69, 9.17) is 37.4 Å². The van der Waals surface area contributed by atoms with Crippen LogP contribution in [-0.4, -0.2) is 30.6 Å². The first-order valence-corrected chi connectivity index (χ1v) is 10.1. The highest BCUT2D eigenvalue weighted by atomic mass is 35.5. The van der Waals surface area contributed by atoms with Gasteiger partial charge in [0.25, 0.3) is 0 Å². The second-order valence-electron chi connectivity index (χ2n) is 6.67. The van der Waals surface area contributed by atoms with E-state index in [9.17, 15) is 9.90 Å². The minimum absolute atomic E-state index is 0.264.